The molecule has 3 amide bonds. The van der Waals surface area contributed by atoms with Crippen molar-refractivity contribution in [2.45, 2.75) is 45.1 Å². The monoisotopic (exact) mass is 570 g/mol. The van der Waals surface area contributed by atoms with Gasteiger partial charge in [-0.25, -0.2) is 8.78 Å². The maximum atomic E-state index is 14.1. The van der Waals surface area contributed by atoms with E-state index in [0.717, 1.165) is 16.5 Å². The Bertz CT molecular complexity index is 1290. The molecule has 3 aromatic rings. The Labute approximate surface area is 238 Å². The Morgan fingerprint density at radius 2 is 1.50 bits per heavy atom. The lowest BCUT2D eigenvalue weighted by molar-refractivity contribution is -0.121. The Hall–Kier alpha value is -3.76. The zero-order valence-electron chi connectivity index (χ0n) is 23.4. The fourth-order valence-corrected chi connectivity index (χ4v) is 4.06. The normalized spacial score (nSPS) is 10.7. The predicted molar refractivity (Wildman–Crippen MR) is 156 cm³/mol. The Morgan fingerprint density at radius 3 is 2.10 bits per heavy atom. The molecule has 0 aliphatic rings. The summed E-state index contributed by atoms with van der Waals surface area (Å²) >= 11 is 1.35. The molecule has 3 rings (SSSR count). The molecule has 10 heteroatoms. The van der Waals surface area contributed by atoms with Crippen LogP contribution in [0.15, 0.2) is 71.6 Å². The average molecular weight is 571 g/mol. The summed E-state index contributed by atoms with van der Waals surface area (Å²) in [6.07, 6.45) is 0. The number of amides is 3. The maximum Gasteiger partial charge on any atom is 0.254 e. The zero-order chi connectivity index (χ0) is 29.7. The molecule has 0 aromatic heterocycles. The third kappa shape index (κ3) is 12.0. The van der Waals surface area contributed by atoms with Crippen molar-refractivity contribution in [2.24, 2.45) is 0 Å². The average Bonchev–Trinajstić information content (AvgIpc) is 2.87. The summed E-state index contributed by atoms with van der Waals surface area (Å²) in [6.45, 7) is 9.80. The second kappa shape index (κ2) is 15.7. The van der Waals surface area contributed by atoms with Gasteiger partial charge in [0, 0.05) is 36.0 Å². The zero-order valence-corrected chi connectivity index (χ0v) is 24.2. The van der Waals surface area contributed by atoms with Gasteiger partial charge < -0.3 is 16.0 Å². The molecule has 0 aliphatic carbocycles. The van der Waals surface area contributed by atoms with E-state index in [-0.39, 0.29) is 48.1 Å². The van der Waals surface area contributed by atoms with Crippen LogP contribution in [0.1, 0.15) is 43.6 Å². The molecule has 7 nitrogen and oxygen atoms in total. The Balaban J connectivity index is 0.000000611. The highest BCUT2D eigenvalue weighted by atomic mass is 32.2. The first-order valence-corrected chi connectivity index (χ1v) is 13.5. The van der Waals surface area contributed by atoms with Crippen LogP contribution in [0, 0.1) is 18.6 Å². The Morgan fingerprint density at radius 1 is 0.850 bits per heavy atom. The van der Waals surface area contributed by atoms with Gasteiger partial charge in [-0.2, -0.15) is 0 Å². The SMILES string of the molecule is CC(=O)NC(C)(C)C.Cc1ccc(SNCC(=O)NCCNC(=O)c2cc(-c3ccccc3F)ccc2F)cc1. The molecular formula is C30H36F2N4O3S. The van der Waals surface area contributed by atoms with E-state index in [4.69, 9.17) is 0 Å². The first-order chi connectivity index (χ1) is 18.9. The lowest BCUT2D eigenvalue weighted by Gasteiger charge is -2.18. The van der Waals surface area contributed by atoms with Gasteiger partial charge in [-0.1, -0.05) is 42.0 Å². The minimum absolute atomic E-state index is 0.0255. The van der Waals surface area contributed by atoms with Gasteiger partial charge in [-0.15, -0.1) is 0 Å². The standard InChI is InChI=1S/C24H23F2N3O2S.C6H13NO/c1-16-6-9-18(10-7-16)32-29-15-23(30)27-12-13-28-24(31)20-14-17(8-11-22(20)26)19-4-2-3-5-21(19)25;1-5(8)7-6(2,3)4/h2-11,14,29H,12-13,15H2,1H3,(H,27,30)(H,28,31);1-4H3,(H,7,8). The number of benzene rings is 3. The number of carbonyl (C=O) groups excluding carboxylic acids is 3. The van der Waals surface area contributed by atoms with Crippen LogP contribution in [0.25, 0.3) is 11.1 Å². The van der Waals surface area contributed by atoms with E-state index in [1.165, 1.54) is 37.1 Å². The summed E-state index contributed by atoms with van der Waals surface area (Å²) < 4.78 is 31.1. The quantitative estimate of drug-likeness (QED) is 0.214. The second-order valence-corrected chi connectivity index (χ2v) is 10.9. The molecule has 0 radical (unpaired) electrons. The fraction of sp³-hybridized carbons (Fsp3) is 0.300. The molecule has 0 unspecified atom stereocenters. The van der Waals surface area contributed by atoms with Gasteiger partial charge in [-0.05, 0) is 75.5 Å². The highest BCUT2D eigenvalue weighted by Gasteiger charge is 2.14. The van der Waals surface area contributed by atoms with Crippen molar-refractivity contribution in [1.29, 1.82) is 0 Å². The lowest BCUT2D eigenvalue weighted by Crippen LogP contribution is -2.38. The molecule has 4 N–H and O–H groups in total. The van der Waals surface area contributed by atoms with Crippen molar-refractivity contribution in [3.05, 3.63) is 89.5 Å². The fourth-order valence-electron chi connectivity index (χ4n) is 3.42. The van der Waals surface area contributed by atoms with Gasteiger partial charge in [-0.3, -0.25) is 19.1 Å². The molecule has 0 atom stereocenters. The van der Waals surface area contributed by atoms with Gasteiger partial charge in [0.15, 0.2) is 0 Å². The number of carbonyl (C=O) groups is 3. The van der Waals surface area contributed by atoms with Gasteiger partial charge in [0.25, 0.3) is 5.91 Å². The molecule has 0 bridgehead atoms. The Kier molecular flexibility index (Phi) is 12.8. The van der Waals surface area contributed by atoms with E-state index in [1.807, 2.05) is 52.0 Å². The van der Waals surface area contributed by atoms with Crippen LogP contribution < -0.4 is 20.7 Å². The topological polar surface area (TPSA) is 99.3 Å². The van der Waals surface area contributed by atoms with Crippen LogP contribution >= 0.6 is 11.9 Å². The van der Waals surface area contributed by atoms with Crippen LogP contribution in [0.4, 0.5) is 8.78 Å². The molecule has 0 saturated heterocycles. The van der Waals surface area contributed by atoms with E-state index in [1.54, 1.807) is 18.2 Å². The summed E-state index contributed by atoms with van der Waals surface area (Å²) in [5.74, 6) is -2.00. The lowest BCUT2D eigenvalue weighted by atomic mass is 10.0. The smallest absolute Gasteiger partial charge is 0.254 e. The van der Waals surface area contributed by atoms with Crippen LogP contribution in [0.3, 0.4) is 0 Å². The number of rotatable bonds is 9. The number of hydrogen-bond acceptors (Lipinski definition) is 5. The van der Waals surface area contributed by atoms with Crippen LogP contribution in [-0.4, -0.2) is 42.9 Å². The van der Waals surface area contributed by atoms with Gasteiger partial charge >= 0.3 is 0 Å². The minimum Gasteiger partial charge on any atom is -0.353 e. The first-order valence-electron chi connectivity index (χ1n) is 12.7. The maximum absolute atomic E-state index is 14.1. The van der Waals surface area contributed by atoms with Gasteiger partial charge in [0.2, 0.25) is 11.8 Å². The van der Waals surface area contributed by atoms with Crippen LogP contribution in [0.5, 0.6) is 0 Å². The number of hydrogen-bond donors (Lipinski definition) is 4. The molecule has 0 saturated carbocycles. The van der Waals surface area contributed by atoms with E-state index in [2.05, 4.69) is 20.7 Å². The third-order valence-corrected chi connectivity index (χ3v) is 5.92. The van der Waals surface area contributed by atoms with Crippen molar-refractivity contribution in [3.8, 4) is 11.1 Å². The molecule has 214 valence electrons. The molecule has 3 aromatic carbocycles. The summed E-state index contributed by atoms with van der Waals surface area (Å²) in [4.78, 5) is 35.6. The predicted octanol–water partition coefficient (Wildman–Crippen LogP) is 5.00. The van der Waals surface area contributed by atoms with Crippen LogP contribution in [0.2, 0.25) is 0 Å². The minimum atomic E-state index is -0.705. The number of halogens is 2. The highest BCUT2D eigenvalue weighted by molar-refractivity contribution is 7.97. The van der Waals surface area contributed by atoms with E-state index >= 15 is 0 Å². The molecule has 0 fully saturated rings. The molecular weight excluding hydrogens is 534 g/mol. The molecule has 0 spiro atoms. The molecule has 0 heterocycles. The largest absolute Gasteiger partial charge is 0.353 e. The third-order valence-electron chi connectivity index (χ3n) is 5.12. The van der Waals surface area contributed by atoms with Crippen molar-refractivity contribution in [2.75, 3.05) is 19.6 Å². The summed E-state index contributed by atoms with van der Waals surface area (Å²) in [5.41, 5.74) is 1.58. The van der Waals surface area contributed by atoms with Gasteiger partial charge in [0.1, 0.15) is 11.6 Å². The van der Waals surface area contributed by atoms with Gasteiger partial charge in [0.05, 0.1) is 12.1 Å². The van der Waals surface area contributed by atoms with Crippen molar-refractivity contribution >= 4 is 29.7 Å². The van der Waals surface area contributed by atoms with E-state index in [9.17, 15) is 23.2 Å². The van der Waals surface area contributed by atoms with Crippen LogP contribution in [-0.2, 0) is 9.59 Å². The summed E-state index contributed by atoms with van der Waals surface area (Å²) in [5, 5.41) is 7.98. The summed E-state index contributed by atoms with van der Waals surface area (Å²) in [6, 6.07) is 17.8. The molecule has 40 heavy (non-hydrogen) atoms. The van der Waals surface area contributed by atoms with Crippen molar-refractivity contribution in [1.82, 2.24) is 20.7 Å². The first kappa shape index (κ1) is 32.5. The van der Waals surface area contributed by atoms with E-state index in [0.29, 0.717) is 5.56 Å². The van der Waals surface area contributed by atoms with Crippen molar-refractivity contribution < 1.29 is 23.2 Å². The van der Waals surface area contributed by atoms with Crippen molar-refractivity contribution in [3.63, 3.8) is 0 Å². The number of nitrogens with one attached hydrogen (secondary N) is 4. The molecule has 0 aliphatic heterocycles. The highest BCUT2D eigenvalue weighted by Crippen LogP contribution is 2.24. The number of aryl methyl sites for hydroxylation is 1. The second-order valence-electron chi connectivity index (χ2n) is 9.95. The summed E-state index contributed by atoms with van der Waals surface area (Å²) in [7, 11) is 0. The van der Waals surface area contributed by atoms with E-state index < -0.39 is 17.5 Å².